The first-order valence-electron chi connectivity index (χ1n) is 9.74. The minimum Gasteiger partial charge on any atom is -0.341 e. The molecule has 1 saturated heterocycles. The average Bonchev–Trinajstić information content (AvgIpc) is 3.32. The summed E-state index contributed by atoms with van der Waals surface area (Å²) in [5, 5.41) is 0. The van der Waals surface area contributed by atoms with Crippen molar-refractivity contribution in [3.8, 4) is 11.1 Å². The number of aryl methyl sites for hydroxylation is 1. The predicted octanol–water partition coefficient (Wildman–Crippen LogP) is 2.92. The molecule has 4 rings (SSSR count). The highest BCUT2D eigenvalue weighted by Gasteiger charge is 2.47. The number of hydrogen-bond donors (Lipinski definition) is 1. The van der Waals surface area contributed by atoms with Gasteiger partial charge in [-0.05, 0) is 42.4 Å². The fourth-order valence-electron chi connectivity index (χ4n) is 4.27. The Labute approximate surface area is 166 Å². The molecule has 2 aromatic carbocycles. The lowest BCUT2D eigenvalue weighted by Gasteiger charge is -2.17. The van der Waals surface area contributed by atoms with Crippen LogP contribution >= 0.6 is 0 Å². The molecule has 0 spiro atoms. The zero-order valence-electron chi connectivity index (χ0n) is 16.3. The maximum atomic E-state index is 13.0. The van der Waals surface area contributed by atoms with Gasteiger partial charge in [0.25, 0.3) is 0 Å². The van der Waals surface area contributed by atoms with Crippen LogP contribution in [0.5, 0.6) is 0 Å². The number of likely N-dealkylation sites (tertiary alicyclic amines) is 1. The van der Waals surface area contributed by atoms with E-state index in [1.165, 1.54) is 22.3 Å². The molecule has 1 aliphatic heterocycles. The first-order valence-corrected chi connectivity index (χ1v) is 11.6. The molecule has 1 amide bonds. The number of amides is 1. The molecule has 148 valence electrons. The lowest BCUT2D eigenvalue weighted by atomic mass is 9.94. The Kier molecular flexibility index (Phi) is 5.02. The molecule has 0 bridgehead atoms. The van der Waals surface area contributed by atoms with Crippen LogP contribution in [0, 0.1) is 12.8 Å². The minimum absolute atomic E-state index is 0.00199. The van der Waals surface area contributed by atoms with Gasteiger partial charge >= 0.3 is 0 Å². The first kappa shape index (κ1) is 19.2. The zero-order chi connectivity index (χ0) is 19.9. The van der Waals surface area contributed by atoms with Crippen molar-refractivity contribution < 1.29 is 13.2 Å². The van der Waals surface area contributed by atoms with E-state index in [0.717, 1.165) is 12.7 Å². The van der Waals surface area contributed by atoms with E-state index in [4.69, 9.17) is 0 Å². The monoisotopic (exact) mass is 398 g/mol. The number of carbonyl (C=O) groups excluding carboxylic acids is 1. The maximum Gasteiger partial charge on any atom is 0.226 e. The standard InChI is InChI=1S/C22H26N2O3S/c1-15-8-9-18(19(12-15)16-6-4-3-5-7-16)20-13-21(20)22(25)24-11-10-17(14-24)23-28(2,26)27/h3-9,12,17,20-21,23H,10-11,13-14H2,1-2H3/t17-,20-,21+/m0/s1. The highest BCUT2D eigenvalue weighted by molar-refractivity contribution is 7.88. The van der Waals surface area contributed by atoms with Crippen LogP contribution < -0.4 is 4.72 Å². The molecule has 0 radical (unpaired) electrons. The summed E-state index contributed by atoms with van der Waals surface area (Å²) in [5.41, 5.74) is 4.83. The summed E-state index contributed by atoms with van der Waals surface area (Å²) in [5.74, 6) is 0.398. The molecule has 6 heteroatoms. The third kappa shape index (κ3) is 4.13. The van der Waals surface area contributed by atoms with Crippen LogP contribution in [0.25, 0.3) is 11.1 Å². The van der Waals surface area contributed by atoms with Gasteiger partial charge in [-0.1, -0.05) is 54.1 Å². The molecule has 2 aromatic rings. The molecule has 3 atom stereocenters. The smallest absolute Gasteiger partial charge is 0.226 e. The molecular weight excluding hydrogens is 372 g/mol. The van der Waals surface area contributed by atoms with Crippen molar-refractivity contribution in [2.24, 2.45) is 5.92 Å². The van der Waals surface area contributed by atoms with Gasteiger partial charge in [0.1, 0.15) is 0 Å². The van der Waals surface area contributed by atoms with Gasteiger partial charge < -0.3 is 4.90 Å². The van der Waals surface area contributed by atoms with Crippen LogP contribution in [0.15, 0.2) is 48.5 Å². The van der Waals surface area contributed by atoms with E-state index in [-0.39, 0.29) is 23.8 Å². The average molecular weight is 399 g/mol. The van der Waals surface area contributed by atoms with E-state index in [0.29, 0.717) is 19.5 Å². The fourth-order valence-corrected chi connectivity index (χ4v) is 5.06. The quantitative estimate of drug-likeness (QED) is 0.842. The van der Waals surface area contributed by atoms with Crippen molar-refractivity contribution in [3.05, 3.63) is 59.7 Å². The number of carbonyl (C=O) groups is 1. The van der Waals surface area contributed by atoms with Crippen LogP contribution in [0.3, 0.4) is 0 Å². The molecule has 2 fully saturated rings. The Bertz CT molecular complexity index is 988. The zero-order valence-corrected chi connectivity index (χ0v) is 17.1. The number of nitrogens with one attached hydrogen (secondary N) is 1. The maximum absolute atomic E-state index is 13.0. The number of benzene rings is 2. The molecule has 1 heterocycles. The third-order valence-electron chi connectivity index (χ3n) is 5.68. The molecule has 0 aromatic heterocycles. The Hall–Kier alpha value is -2.18. The van der Waals surface area contributed by atoms with Crippen molar-refractivity contribution >= 4 is 15.9 Å². The largest absolute Gasteiger partial charge is 0.341 e. The fraction of sp³-hybridized carbons (Fsp3) is 0.409. The van der Waals surface area contributed by atoms with Crippen LogP contribution in [0.4, 0.5) is 0 Å². The Balaban J connectivity index is 1.48. The van der Waals surface area contributed by atoms with Gasteiger partial charge in [-0.25, -0.2) is 13.1 Å². The van der Waals surface area contributed by atoms with Gasteiger partial charge in [-0.15, -0.1) is 0 Å². The van der Waals surface area contributed by atoms with Gasteiger partial charge in [0, 0.05) is 25.0 Å². The van der Waals surface area contributed by atoms with Crippen molar-refractivity contribution in [1.29, 1.82) is 0 Å². The van der Waals surface area contributed by atoms with E-state index in [1.54, 1.807) is 0 Å². The van der Waals surface area contributed by atoms with Crippen LogP contribution in [0.2, 0.25) is 0 Å². The summed E-state index contributed by atoms with van der Waals surface area (Å²) in [6.07, 6.45) is 2.70. The van der Waals surface area contributed by atoms with Gasteiger partial charge in [-0.3, -0.25) is 4.79 Å². The molecule has 1 N–H and O–H groups in total. The molecule has 1 saturated carbocycles. The number of hydrogen-bond acceptors (Lipinski definition) is 3. The number of nitrogens with zero attached hydrogens (tertiary/aromatic N) is 1. The first-order chi connectivity index (χ1) is 13.3. The van der Waals surface area contributed by atoms with Crippen molar-refractivity contribution in [3.63, 3.8) is 0 Å². The highest BCUT2D eigenvalue weighted by atomic mass is 32.2. The van der Waals surface area contributed by atoms with E-state index in [2.05, 4.69) is 42.0 Å². The summed E-state index contributed by atoms with van der Waals surface area (Å²) in [7, 11) is -3.24. The van der Waals surface area contributed by atoms with E-state index < -0.39 is 10.0 Å². The summed E-state index contributed by atoms with van der Waals surface area (Å²) >= 11 is 0. The SMILES string of the molecule is Cc1ccc([C@@H]2C[C@H]2C(=O)N2CC[C@H](NS(C)(=O)=O)C2)c(-c2ccccc2)c1. The summed E-state index contributed by atoms with van der Waals surface area (Å²) in [4.78, 5) is 14.8. The van der Waals surface area contributed by atoms with E-state index in [9.17, 15) is 13.2 Å². The second-order valence-electron chi connectivity index (χ2n) is 8.07. The van der Waals surface area contributed by atoms with Gasteiger partial charge in [0.2, 0.25) is 15.9 Å². The van der Waals surface area contributed by atoms with E-state index >= 15 is 0 Å². The van der Waals surface area contributed by atoms with Gasteiger partial charge in [0.15, 0.2) is 0 Å². The van der Waals surface area contributed by atoms with Crippen molar-refractivity contribution in [1.82, 2.24) is 9.62 Å². The van der Waals surface area contributed by atoms with Gasteiger partial charge in [-0.2, -0.15) is 0 Å². The summed E-state index contributed by atoms with van der Waals surface area (Å²) in [6.45, 7) is 3.17. The Morgan fingerprint density at radius 2 is 1.89 bits per heavy atom. The summed E-state index contributed by atoms with van der Waals surface area (Å²) < 4.78 is 25.5. The minimum atomic E-state index is -3.24. The van der Waals surface area contributed by atoms with E-state index in [1.807, 2.05) is 23.1 Å². The highest BCUT2D eigenvalue weighted by Crippen LogP contribution is 2.51. The Morgan fingerprint density at radius 3 is 2.61 bits per heavy atom. The predicted molar refractivity (Wildman–Crippen MR) is 110 cm³/mol. The third-order valence-corrected chi connectivity index (χ3v) is 6.44. The van der Waals surface area contributed by atoms with Crippen molar-refractivity contribution in [2.75, 3.05) is 19.3 Å². The molecular formula is C22H26N2O3S. The van der Waals surface area contributed by atoms with Crippen LogP contribution in [-0.2, 0) is 14.8 Å². The molecule has 1 aliphatic carbocycles. The molecule has 2 aliphatic rings. The molecule has 5 nitrogen and oxygen atoms in total. The lowest BCUT2D eigenvalue weighted by molar-refractivity contribution is -0.131. The second-order valence-corrected chi connectivity index (χ2v) is 9.85. The number of sulfonamides is 1. The number of rotatable bonds is 5. The molecule has 0 unspecified atom stereocenters. The topological polar surface area (TPSA) is 66.5 Å². The van der Waals surface area contributed by atoms with Crippen LogP contribution in [0.1, 0.15) is 29.9 Å². The summed E-state index contributed by atoms with van der Waals surface area (Å²) in [6, 6.07) is 16.6. The second kappa shape index (κ2) is 7.33. The Morgan fingerprint density at radius 1 is 1.14 bits per heavy atom. The van der Waals surface area contributed by atoms with Crippen LogP contribution in [-0.4, -0.2) is 44.6 Å². The van der Waals surface area contributed by atoms with Gasteiger partial charge in [0.05, 0.1) is 6.26 Å². The lowest BCUT2D eigenvalue weighted by Crippen LogP contribution is -2.38. The van der Waals surface area contributed by atoms with Crippen molar-refractivity contribution in [2.45, 2.75) is 31.7 Å². The molecule has 28 heavy (non-hydrogen) atoms. The normalized spacial score (nSPS) is 24.4.